The number of nitrogens with zero attached hydrogens (tertiary/aromatic N) is 3. The smallest absolute Gasteiger partial charge is 0.220 e. The third-order valence-corrected chi connectivity index (χ3v) is 3.54. The monoisotopic (exact) mass is 269 g/mol. The van der Waals surface area contributed by atoms with Gasteiger partial charge in [-0.1, -0.05) is 6.07 Å². The van der Waals surface area contributed by atoms with Crippen molar-refractivity contribution < 1.29 is 8.78 Å². The lowest BCUT2D eigenvalue weighted by atomic mass is 10.1. The molecule has 0 atom stereocenters. The van der Waals surface area contributed by atoms with Crippen LogP contribution in [-0.4, -0.2) is 21.0 Å². The van der Waals surface area contributed by atoms with E-state index in [1.807, 2.05) is 32.2 Å². The molecular weight excluding hydrogens is 256 g/mol. The molecule has 6 heteroatoms. The van der Waals surface area contributed by atoms with Crippen molar-refractivity contribution in [3.8, 4) is 5.69 Å². The van der Waals surface area contributed by atoms with Gasteiger partial charge in [0.2, 0.25) is 5.82 Å². The van der Waals surface area contributed by atoms with E-state index >= 15 is 0 Å². The molecule has 0 spiro atoms. The molecule has 0 N–H and O–H groups in total. The molecule has 0 saturated carbocycles. The summed E-state index contributed by atoms with van der Waals surface area (Å²) in [6, 6.07) is 3.96. The first-order valence-corrected chi connectivity index (χ1v) is 6.60. The zero-order chi connectivity index (χ0) is 13.3. The molecule has 96 valence electrons. The van der Waals surface area contributed by atoms with E-state index in [-0.39, 0.29) is 0 Å². The molecule has 18 heavy (non-hydrogen) atoms. The Kier molecular flexibility index (Phi) is 3.65. The predicted molar refractivity (Wildman–Crippen MR) is 67.6 cm³/mol. The minimum Gasteiger partial charge on any atom is -0.220 e. The van der Waals surface area contributed by atoms with Gasteiger partial charge in [0.15, 0.2) is 0 Å². The number of benzene rings is 1. The first-order valence-electron chi connectivity index (χ1n) is 5.38. The maximum Gasteiger partial charge on any atom is 0.299 e. The molecule has 0 aliphatic rings. The fourth-order valence-corrected chi connectivity index (χ4v) is 2.39. The molecule has 0 amide bonds. The average Bonchev–Trinajstić information content (AvgIpc) is 2.78. The van der Waals surface area contributed by atoms with Crippen LogP contribution >= 0.6 is 11.8 Å². The number of hydrogen-bond acceptors (Lipinski definition) is 3. The van der Waals surface area contributed by atoms with Crippen molar-refractivity contribution in [1.82, 2.24) is 14.8 Å². The number of halogens is 2. The number of hydrogen-bond donors (Lipinski definition) is 0. The van der Waals surface area contributed by atoms with E-state index in [2.05, 4.69) is 10.1 Å². The molecule has 0 aliphatic carbocycles. The van der Waals surface area contributed by atoms with Crippen LogP contribution in [0.5, 0.6) is 0 Å². The summed E-state index contributed by atoms with van der Waals surface area (Å²) < 4.78 is 26.3. The van der Waals surface area contributed by atoms with Gasteiger partial charge in [0.25, 0.3) is 6.43 Å². The van der Waals surface area contributed by atoms with Crippen molar-refractivity contribution in [2.24, 2.45) is 0 Å². The second kappa shape index (κ2) is 5.06. The molecule has 2 rings (SSSR count). The maximum absolute atomic E-state index is 12.5. The molecule has 0 aliphatic heterocycles. The lowest BCUT2D eigenvalue weighted by Crippen LogP contribution is -2.00. The van der Waals surface area contributed by atoms with Crippen LogP contribution in [0.25, 0.3) is 5.69 Å². The highest BCUT2D eigenvalue weighted by Gasteiger charge is 2.14. The molecule has 0 unspecified atom stereocenters. The van der Waals surface area contributed by atoms with Gasteiger partial charge in [0.05, 0.1) is 5.69 Å². The summed E-state index contributed by atoms with van der Waals surface area (Å²) in [6.07, 6.45) is 0.661. The summed E-state index contributed by atoms with van der Waals surface area (Å²) in [6.45, 7) is 3.95. The third kappa shape index (κ3) is 2.38. The van der Waals surface area contributed by atoms with Crippen molar-refractivity contribution in [2.75, 3.05) is 6.26 Å². The molecule has 3 nitrogen and oxygen atoms in total. The Morgan fingerprint density at radius 3 is 2.50 bits per heavy atom. The predicted octanol–water partition coefficient (Wildman–Crippen LogP) is 3.54. The van der Waals surface area contributed by atoms with Gasteiger partial charge in [-0.05, 0) is 37.3 Å². The third-order valence-electron chi connectivity index (χ3n) is 2.66. The van der Waals surface area contributed by atoms with Crippen LogP contribution in [0.2, 0.25) is 0 Å². The van der Waals surface area contributed by atoms with Crippen molar-refractivity contribution in [2.45, 2.75) is 25.2 Å². The molecular formula is C12H13F2N3S. The van der Waals surface area contributed by atoms with Crippen LogP contribution in [0.3, 0.4) is 0 Å². The number of rotatable bonds is 3. The Balaban J connectivity index is 2.49. The first-order chi connectivity index (χ1) is 8.52. The molecule has 0 bridgehead atoms. The highest BCUT2D eigenvalue weighted by molar-refractivity contribution is 7.98. The van der Waals surface area contributed by atoms with Crippen LogP contribution in [0, 0.1) is 13.8 Å². The zero-order valence-corrected chi connectivity index (χ0v) is 11.1. The highest BCUT2D eigenvalue weighted by atomic mass is 32.2. The van der Waals surface area contributed by atoms with Gasteiger partial charge in [0.1, 0.15) is 6.33 Å². The average molecular weight is 269 g/mol. The topological polar surface area (TPSA) is 30.7 Å². The summed E-state index contributed by atoms with van der Waals surface area (Å²) in [7, 11) is 0. The van der Waals surface area contributed by atoms with Crippen molar-refractivity contribution in [1.29, 1.82) is 0 Å². The van der Waals surface area contributed by atoms with Gasteiger partial charge in [-0.2, -0.15) is 0 Å². The van der Waals surface area contributed by atoms with Crippen LogP contribution in [0.1, 0.15) is 23.4 Å². The number of alkyl halides is 2. The largest absolute Gasteiger partial charge is 0.299 e. The fraction of sp³-hybridized carbons (Fsp3) is 0.333. The summed E-state index contributed by atoms with van der Waals surface area (Å²) in [5.41, 5.74) is 2.93. The van der Waals surface area contributed by atoms with Gasteiger partial charge in [-0.25, -0.2) is 18.4 Å². The molecule has 2 aromatic rings. The van der Waals surface area contributed by atoms with E-state index < -0.39 is 12.2 Å². The van der Waals surface area contributed by atoms with E-state index in [4.69, 9.17) is 0 Å². The Bertz CT molecular complexity index is 566. The standard InChI is InChI=1S/C12H13F2N3S/c1-7-4-8(2)10(18-3)5-9(7)17-6-15-12(16-17)11(13)14/h4-6,11H,1-3H3. The number of thioether (sulfide) groups is 1. The summed E-state index contributed by atoms with van der Waals surface area (Å²) in [4.78, 5) is 4.71. The summed E-state index contributed by atoms with van der Waals surface area (Å²) in [5, 5.41) is 3.79. The van der Waals surface area contributed by atoms with Crippen molar-refractivity contribution >= 4 is 11.8 Å². The summed E-state index contributed by atoms with van der Waals surface area (Å²) in [5.74, 6) is -0.444. The first kappa shape index (κ1) is 13.0. The van der Waals surface area contributed by atoms with E-state index in [0.717, 1.165) is 21.7 Å². The van der Waals surface area contributed by atoms with Gasteiger partial charge in [-0.15, -0.1) is 16.9 Å². The Morgan fingerprint density at radius 2 is 1.94 bits per heavy atom. The van der Waals surface area contributed by atoms with E-state index in [1.54, 1.807) is 11.8 Å². The normalized spacial score (nSPS) is 11.2. The Morgan fingerprint density at radius 1 is 1.22 bits per heavy atom. The summed E-state index contributed by atoms with van der Waals surface area (Å²) >= 11 is 1.62. The van der Waals surface area contributed by atoms with Gasteiger partial charge < -0.3 is 0 Å². The van der Waals surface area contributed by atoms with E-state index in [1.165, 1.54) is 11.0 Å². The minimum absolute atomic E-state index is 0.444. The van der Waals surface area contributed by atoms with Crippen LogP contribution in [0.15, 0.2) is 23.4 Å². The molecule has 1 aromatic carbocycles. The molecule has 0 fully saturated rings. The van der Waals surface area contributed by atoms with Gasteiger partial charge in [0, 0.05) is 4.90 Å². The molecule has 0 radical (unpaired) electrons. The van der Waals surface area contributed by atoms with Gasteiger partial charge in [-0.3, -0.25) is 0 Å². The lowest BCUT2D eigenvalue weighted by molar-refractivity contribution is 0.140. The highest BCUT2D eigenvalue weighted by Crippen LogP contribution is 2.26. The van der Waals surface area contributed by atoms with Crippen molar-refractivity contribution in [3.05, 3.63) is 35.4 Å². The number of aromatic nitrogens is 3. The van der Waals surface area contributed by atoms with E-state index in [9.17, 15) is 8.78 Å². The molecule has 1 aromatic heterocycles. The second-order valence-corrected chi connectivity index (χ2v) is 4.80. The maximum atomic E-state index is 12.5. The Labute approximate surface area is 108 Å². The number of aryl methyl sites for hydroxylation is 2. The lowest BCUT2D eigenvalue weighted by Gasteiger charge is -2.10. The van der Waals surface area contributed by atoms with Crippen LogP contribution in [0.4, 0.5) is 8.78 Å². The minimum atomic E-state index is -2.64. The SMILES string of the molecule is CSc1cc(-n2cnc(C(F)F)n2)c(C)cc1C. The van der Waals surface area contributed by atoms with Crippen molar-refractivity contribution in [3.63, 3.8) is 0 Å². The van der Waals surface area contributed by atoms with Crippen LogP contribution in [-0.2, 0) is 0 Å². The quantitative estimate of drug-likeness (QED) is 0.798. The fourth-order valence-electron chi connectivity index (χ4n) is 1.78. The van der Waals surface area contributed by atoms with Crippen LogP contribution < -0.4 is 0 Å². The van der Waals surface area contributed by atoms with E-state index in [0.29, 0.717) is 0 Å². The molecule has 0 saturated heterocycles. The Hall–Kier alpha value is -1.43. The molecule has 1 heterocycles. The second-order valence-electron chi connectivity index (χ2n) is 3.96. The van der Waals surface area contributed by atoms with Gasteiger partial charge >= 0.3 is 0 Å². The zero-order valence-electron chi connectivity index (χ0n) is 10.3.